The van der Waals surface area contributed by atoms with Crippen LogP contribution in [0.15, 0.2) is 17.1 Å². The third-order valence-electron chi connectivity index (χ3n) is 0.798. The van der Waals surface area contributed by atoms with Crippen molar-refractivity contribution in [3.05, 3.63) is 28.4 Å². The Hall–Kier alpha value is -1.45. The molecular formula is C8H14N2O2. The zero-order valence-electron chi connectivity index (χ0n) is 7.63. The van der Waals surface area contributed by atoms with Crippen LogP contribution in [-0.2, 0) is 4.79 Å². The first-order valence-corrected chi connectivity index (χ1v) is 3.60. The molecular weight excluding hydrogens is 156 g/mol. The van der Waals surface area contributed by atoms with Gasteiger partial charge in [0.15, 0.2) is 0 Å². The fourth-order valence-electron chi connectivity index (χ4n) is 0.469. The molecule has 0 unspecified atom stereocenters. The number of aromatic amines is 1. The molecule has 1 aromatic rings. The third-order valence-corrected chi connectivity index (χ3v) is 0.798. The topological polar surface area (TPSA) is 62.8 Å². The second-order valence-electron chi connectivity index (χ2n) is 1.52. The highest BCUT2D eigenvalue weighted by molar-refractivity contribution is 5.10. The number of hydrogen-bond acceptors (Lipinski definition) is 3. The quantitative estimate of drug-likeness (QED) is 0.629. The van der Waals surface area contributed by atoms with Gasteiger partial charge in [0, 0.05) is 12.3 Å². The molecule has 1 N–H and O–H groups in total. The molecule has 0 radical (unpaired) electrons. The fraction of sp³-hybridized carbons (Fsp3) is 0.375. The van der Waals surface area contributed by atoms with Crippen LogP contribution in [0.3, 0.4) is 0 Å². The van der Waals surface area contributed by atoms with E-state index >= 15 is 0 Å². The molecule has 1 heterocycles. The summed E-state index contributed by atoms with van der Waals surface area (Å²) < 4.78 is 0. The molecule has 0 aromatic carbocycles. The van der Waals surface area contributed by atoms with Crippen molar-refractivity contribution in [3.8, 4) is 0 Å². The van der Waals surface area contributed by atoms with Crippen LogP contribution in [0.4, 0.5) is 0 Å². The minimum atomic E-state index is -0.0995. The van der Waals surface area contributed by atoms with E-state index < -0.39 is 0 Å². The summed E-state index contributed by atoms with van der Waals surface area (Å²) >= 11 is 0. The summed E-state index contributed by atoms with van der Waals surface area (Å²) in [4.78, 5) is 24.7. The van der Waals surface area contributed by atoms with Crippen LogP contribution in [0, 0.1) is 6.92 Å². The maximum absolute atomic E-state index is 10.4. The largest absolute Gasteiger partial charge is 0.311 e. The van der Waals surface area contributed by atoms with Crippen LogP contribution < -0.4 is 5.56 Å². The molecule has 1 aromatic heterocycles. The molecule has 0 amide bonds. The maximum atomic E-state index is 10.4. The normalized spacial score (nSPS) is 6.92. The van der Waals surface area contributed by atoms with Gasteiger partial charge < -0.3 is 9.78 Å². The minimum Gasteiger partial charge on any atom is -0.311 e. The number of carbonyl (C=O) groups is 1. The summed E-state index contributed by atoms with van der Waals surface area (Å²) in [7, 11) is 0. The van der Waals surface area contributed by atoms with Crippen molar-refractivity contribution in [1.29, 1.82) is 0 Å². The van der Waals surface area contributed by atoms with Crippen molar-refractivity contribution in [2.24, 2.45) is 0 Å². The number of aromatic nitrogens is 2. The monoisotopic (exact) mass is 170 g/mol. The van der Waals surface area contributed by atoms with E-state index in [1.54, 1.807) is 6.92 Å². The molecule has 0 bridgehead atoms. The van der Waals surface area contributed by atoms with E-state index in [1.165, 1.54) is 12.3 Å². The number of aryl methyl sites for hydroxylation is 1. The Labute approximate surface area is 71.7 Å². The number of carbonyl (C=O) groups excluding carboxylic acids is 1. The molecule has 1 rings (SSSR count). The zero-order valence-corrected chi connectivity index (χ0v) is 7.63. The van der Waals surface area contributed by atoms with Crippen molar-refractivity contribution in [1.82, 2.24) is 9.97 Å². The van der Waals surface area contributed by atoms with Crippen molar-refractivity contribution < 1.29 is 4.79 Å². The molecule has 0 spiro atoms. The number of rotatable bonds is 0. The lowest BCUT2D eigenvalue weighted by atomic mass is 10.6. The maximum Gasteiger partial charge on any atom is 0.250 e. The zero-order chi connectivity index (χ0) is 9.98. The molecule has 0 aliphatic carbocycles. The van der Waals surface area contributed by atoms with Crippen molar-refractivity contribution >= 4 is 6.79 Å². The predicted molar refractivity (Wildman–Crippen MR) is 48.1 cm³/mol. The molecule has 4 heteroatoms. The lowest BCUT2D eigenvalue weighted by Crippen LogP contribution is -2.05. The van der Waals surface area contributed by atoms with Gasteiger partial charge in [-0.1, -0.05) is 13.8 Å². The molecule has 12 heavy (non-hydrogen) atoms. The predicted octanol–water partition coefficient (Wildman–Crippen LogP) is 0.920. The number of H-pyrrole nitrogens is 1. The highest BCUT2D eigenvalue weighted by Gasteiger charge is 1.80. The first-order valence-electron chi connectivity index (χ1n) is 3.60. The molecule has 4 nitrogen and oxygen atoms in total. The minimum absolute atomic E-state index is 0.0995. The lowest BCUT2D eigenvalue weighted by molar-refractivity contribution is -0.0979. The molecule has 0 saturated heterocycles. The van der Waals surface area contributed by atoms with Gasteiger partial charge in [0.2, 0.25) is 0 Å². The lowest BCUT2D eigenvalue weighted by Gasteiger charge is -1.84. The highest BCUT2D eigenvalue weighted by Crippen LogP contribution is 1.73. The molecule has 0 aliphatic heterocycles. The van der Waals surface area contributed by atoms with Crippen LogP contribution in [0.2, 0.25) is 0 Å². The van der Waals surface area contributed by atoms with Crippen molar-refractivity contribution in [3.63, 3.8) is 0 Å². The van der Waals surface area contributed by atoms with E-state index in [9.17, 15) is 4.79 Å². The Balaban J connectivity index is 0. The molecule has 0 saturated carbocycles. The van der Waals surface area contributed by atoms with Crippen molar-refractivity contribution in [2.75, 3.05) is 0 Å². The van der Waals surface area contributed by atoms with E-state index in [2.05, 4.69) is 9.97 Å². The molecule has 0 fully saturated rings. The van der Waals surface area contributed by atoms with Gasteiger partial charge in [0.1, 0.15) is 12.6 Å². The van der Waals surface area contributed by atoms with E-state index in [0.717, 1.165) is 0 Å². The SMILES string of the molecule is C=O.CC.Cc1nccc(=O)[nH]1. The first kappa shape index (κ1) is 13.2. The van der Waals surface area contributed by atoms with Crippen LogP contribution >= 0.6 is 0 Å². The first-order chi connectivity index (χ1) is 5.79. The standard InChI is InChI=1S/C5H6N2O.C2H6.CH2O/c1-4-6-3-2-5(8)7-4;2*1-2/h2-3H,1H3,(H,6,7,8);1-2H3;1H2. The van der Waals surface area contributed by atoms with Crippen LogP contribution in [0.1, 0.15) is 19.7 Å². The van der Waals surface area contributed by atoms with E-state index in [-0.39, 0.29) is 5.56 Å². The van der Waals surface area contributed by atoms with Gasteiger partial charge in [0.25, 0.3) is 5.56 Å². The number of nitrogens with one attached hydrogen (secondary N) is 1. The van der Waals surface area contributed by atoms with Gasteiger partial charge in [0.05, 0.1) is 0 Å². The Kier molecular flexibility index (Phi) is 10.5. The van der Waals surface area contributed by atoms with Gasteiger partial charge in [-0.25, -0.2) is 4.98 Å². The molecule has 0 aliphatic rings. The highest BCUT2D eigenvalue weighted by atomic mass is 16.1. The van der Waals surface area contributed by atoms with E-state index in [1.807, 2.05) is 20.6 Å². The summed E-state index contributed by atoms with van der Waals surface area (Å²) in [5, 5.41) is 0. The van der Waals surface area contributed by atoms with Crippen molar-refractivity contribution in [2.45, 2.75) is 20.8 Å². The number of nitrogens with zero attached hydrogens (tertiary/aromatic N) is 1. The summed E-state index contributed by atoms with van der Waals surface area (Å²) in [6.07, 6.45) is 1.48. The second kappa shape index (κ2) is 9.55. The van der Waals surface area contributed by atoms with Crippen LogP contribution in [0.5, 0.6) is 0 Å². The molecule has 0 atom stereocenters. The number of hydrogen-bond donors (Lipinski definition) is 1. The van der Waals surface area contributed by atoms with Gasteiger partial charge in [-0.15, -0.1) is 0 Å². The Morgan fingerprint density at radius 2 is 1.92 bits per heavy atom. The van der Waals surface area contributed by atoms with Gasteiger partial charge in [-0.3, -0.25) is 4.79 Å². The smallest absolute Gasteiger partial charge is 0.250 e. The summed E-state index contributed by atoms with van der Waals surface area (Å²) in [6.45, 7) is 7.74. The van der Waals surface area contributed by atoms with Gasteiger partial charge in [-0.2, -0.15) is 0 Å². The summed E-state index contributed by atoms with van der Waals surface area (Å²) in [5.41, 5.74) is -0.0995. The average molecular weight is 170 g/mol. The van der Waals surface area contributed by atoms with Crippen LogP contribution in [-0.4, -0.2) is 16.8 Å². The Morgan fingerprint density at radius 3 is 2.17 bits per heavy atom. The third kappa shape index (κ3) is 6.67. The molecule has 68 valence electrons. The second-order valence-corrected chi connectivity index (χ2v) is 1.52. The van der Waals surface area contributed by atoms with Gasteiger partial charge >= 0.3 is 0 Å². The van der Waals surface area contributed by atoms with E-state index in [4.69, 9.17) is 4.79 Å². The van der Waals surface area contributed by atoms with E-state index in [0.29, 0.717) is 5.82 Å². The Morgan fingerprint density at radius 1 is 1.42 bits per heavy atom. The fourth-order valence-corrected chi connectivity index (χ4v) is 0.469. The Bertz CT molecular complexity index is 245. The summed E-state index contributed by atoms with van der Waals surface area (Å²) in [5.74, 6) is 0.650. The summed E-state index contributed by atoms with van der Waals surface area (Å²) in [6, 6.07) is 1.38. The average Bonchev–Trinajstić information content (AvgIpc) is 2.11. The van der Waals surface area contributed by atoms with Crippen LogP contribution in [0.25, 0.3) is 0 Å². The van der Waals surface area contributed by atoms with Gasteiger partial charge in [-0.05, 0) is 6.92 Å².